The van der Waals surface area contributed by atoms with Gasteiger partial charge in [0.1, 0.15) is 17.0 Å². The van der Waals surface area contributed by atoms with Crippen molar-refractivity contribution in [3.8, 4) is 17.4 Å². The van der Waals surface area contributed by atoms with Crippen LogP contribution in [-0.4, -0.2) is 52.3 Å². The van der Waals surface area contributed by atoms with Crippen molar-refractivity contribution in [3.05, 3.63) is 71.4 Å². The van der Waals surface area contributed by atoms with E-state index >= 15 is 0 Å². The summed E-state index contributed by atoms with van der Waals surface area (Å²) in [6.45, 7) is 2.18. The molecule has 2 aromatic heterocycles. The summed E-state index contributed by atoms with van der Waals surface area (Å²) in [5.41, 5.74) is 8.58. The second-order valence-corrected chi connectivity index (χ2v) is 8.48. The first kappa shape index (κ1) is 24.2. The molecule has 0 fully saturated rings. The number of nitrogens with zero attached hydrogens (tertiary/aromatic N) is 4. The smallest absolute Gasteiger partial charge is 0.283 e. The van der Waals surface area contributed by atoms with E-state index in [2.05, 4.69) is 20.3 Å². The Kier molecular flexibility index (Phi) is 6.45. The fraction of sp³-hybridized carbons (Fsp3) is 0.269. The fourth-order valence-electron chi connectivity index (χ4n) is 4.51. The quantitative estimate of drug-likeness (QED) is 0.461. The predicted molar refractivity (Wildman–Crippen MR) is 136 cm³/mol. The Balaban J connectivity index is 1.57. The van der Waals surface area contributed by atoms with Crippen LogP contribution in [0.4, 0.5) is 5.69 Å². The van der Waals surface area contributed by atoms with Crippen LogP contribution in [0.5, 0.6) is 17.4 Å². The summed E-state index contributed by atoms with van der Waals surface area (Å²) < 4.78 is 16.7. The normalized spacial score (nSPS) is 18.1. The highest BCUT2D eigenvalue weighted by molar-refractivity contribution is 6.02. The molecule has 0 bridgehead atoms. The summed E-state index contributed by atoms with van der Waals surface area (Å²) in [4.78, 5) is 30.2. The highest BCUT2D eigenvalue weighted by Gasteiger charge is 2.45. The van der Waals surface area contributed by atoms with Gasteiger partial charge in [-0.3, -0.25) is 9.78 Å². The van der Waals surface area contributed by atoms with Crippen LogP contribution in [-0.2, 0) is 10.3 Å². The zero-order valence-corrected chi connectivity index (χ0v) is 20.4. The number of hydrogen-bond acceptors (Lipinski definition) is 10. The van der Waals surface area contributed by atoms with Crippen LogP contribution in [0.25, 0.3) is 5.57 Å². The molecule has 0 aliphatic carbocycles. The molecule has 11 heteroatoms. The van der Waals surface area contributed by atoms with E-state index in [1.807, 2.05) is 25.1 Å². The Hall–Kier alpha value is -4.51. The Morgan fingerprint density at radius 2 is 1.97 bits per heavy atom. The summed E-state index contributed by atoms with van der Waals surface area (Å²) in [5, 5.41) is 12.8. The fourth-order valence-corrected chi connectivity index (χ4v) is 4.51. The highest BCUT2D eigenvalue weighted by atomic mass is 16.5. The number of aliphatic hydroxyl groups is 1. The summed E-state index contributed by atoms with van der Waals surface area (Å²) in [7, 11) is 1.47. The number of carbonyl (C=O) groups is 1. The van der Waals surface area contributed by atoms with Crippen molar-refractivity contribution in [3.63, 3.8) is 0 Å². The number of amidine groups is 1. The van der Waals surface area contributed by atoms with Crippen molar-refractivity contribution in [2.45, 2.75) is 25.3 Å². The Morgan fingerprint density at radius 3 is 2.68 bits per heavy atom. The number of ether oxygens (including phenoxy) is 3. The minimum atomic E-state index is -0.934. The van der Waals surface area contributed by atoms with Gasteiger partial charge in [-0.05, 0) is 36.3 Å². The first-order valence-corrected chi connectivity index (χ1v) is 11.8. The van der Waals surface area contributed by atoms with Crippen LogP contribution in [0.1, 0.15) is 47.1 Å². The van der Waals surface area contributed by atoms with E-state index < -0.39 is 11.4 Å². The number of fused-ring (bicyclic) bond motifs is 4. The van der Waals surface area contributed by atoms with Crippen molar-refractivity contribution in [2.24, 2.45) is 10.7 Å². The number of allylic oxidation sites excluding steroid dienone is 1. The molecule has 0 saturated heterocycles. The van der Waals surface area contributed by atoms with Gasteiger partial charge in [0.2, 0.25) is 5.88 Å². The van der Waals surface area contributed by atoms with E-state index in [9.17, 15) is 9.90 Å². The molecule has 5 rings (SSSR count). The van der Waals surface area contributed by atoms with Gasteiger partial charge < -0.3 is 30.4 Å². The van der Waals surface area contributed by atoms with Gasteiger partial charge in [0.25, 0.3) is 11.9 Å². The summed E-state index contributed by atoms with van der Waals surface area (Å²) in [6, 6.07) is 7.23. The van der Waals surface area contributed by atoms with Crippen LogP contribution >= 0.6 is 0 Å². The molecule has 190 valence electrons. The minimum absolute atomic E-state index is 0.0536. The van der Waals surface area contributed by atoms with E-state index in [0.717, 1.165) is 12.0 Å². The van der Waals surface area contributed by atoms with E-state index in [1.165, 1.54) is 19.5 Å². The lowest BCUT2D eigenvalue weighted by atomic mass is 9.77. The Bertz CT molecular complexity index is 1410. The topological polar surface area (TPSA) is 154 Å². The number of methoxy groups -OCH3 is 1. The van der Waals surface area contributed by atoms with Gasteiger partial charge in [0, 0.05) is 23.2 Å². The Morgan fingerprint density at radius 1 is 1.16 bits per heavy atom. The summed E-state index contributed by atoms with van der Waals surface area (Å²) in [5.74, 6) is 0.980. The second kappa shape index (κ2) is 9.86. The van der Waals surface area contributed by atoms with Gasteiger partial charge in [-0.2, -0.15) is 0 Å². The SMILES string of the molecule is CCC=C(CO)c1cc2c(cn1)Oc1ccc(NC(=O)c3cnc(OC)cn3)cc1[C@@]21CCOC(N)=N1. The number of amides is 1. The Labute approximate surface area is 213 Å². The largest absolute Gasteiger partial charge is 0.480 e. The minimum Gasteiger partial charge on any atom is -0.480 e. The maximum Gasteiger partial charge on any atom is 0.283 e. The van der Waals surface area contributed by atoms with Crippen LogP contribution in [0.15, 0.2) is 53.9 Å². The van der Waals surface area contributed by atoms with Crippen molar-refractivity contribution in [1.29, 1.82) is 0 Å². The van der Waals surface area contributed by atoms with Gasteiger partial charge in [0.15, 0.2) is 5.75 Å². The lowest BCUT2D eigenvalue weighted by Crippen LogP contribution is -2.38. The van der Waals surface area contributed by atoms with Crippen LogP contribution in [0.3, 0.4) is 0 Å². The number of pyridine rings is 1. The number of nitrogens with two attached hydrogens (primary N) is 1. The first-order chi connectivity index (χ1) is 18.0. The third kappa shape index (κ3) is 4.45. The third-order valence-electron chi connectivity index (χ3n) is 6.25. The number of rotatable bonds is 6. The van der Waals surface area contributed by atoms with Gasteiger partial charge in [0.05, 0.1) is 44.6 Å². The van der Waals surface area contributed by atoms with Crippen LogP contribution in [0, 0.1) is 0 Å². The lowest BCUT2D eigenvalue weighted by Gasteiger charge is -2.39. The van der Waals surface area contributed by atoms with E-state index in [1.54, 1.807) is 18.3 Å². The molecule has 4 N–H and O–H groups in total. The molecule has 2 aliphatic rings. The zero-order valence-electron chi connectivity index (χ0n) is 20.4. The number of nitrogens with one attached hydrogen (secondary N) is 1. The number of aliphatic hydroxyl groups excluding tert-OH is 1. The number of aliphatic imine (C=N–C) groups is 1. The number of benzene rings is 1. The van der Waals surface area contributed by atoms with E-state index in [0.29, 0.717) is 52.9 Å². The van der Waals surface area contributed by atoms with Crippen molar-refractivity contribution >= 4 is 23.2 Å². The summed E-state index contributed by atoms with van der Waals surface area (Å²) >= 11 is 0. The molecule has 3 aromatic rings. The van der Waals surface area contributed by atoms with Gasteiger partial charge in [-0.1, -0.05) is 13.0 Å². The molecule has 2 aliphatic heterocycles. The lowest BCUT2D eigenvalue weighted by molar-refractivity contribution is 0.102. The van der Waals surface area contributed by atoms with E-state index in [-0.39, 0.29) is 18.3 Å². The molecule has 1 atom stereocenters. The van der Waals surface area contributed by atoms with Gasteiger partial charge in [-0.15, -0.1) is 0 Å². The van der Waals surface area contributed by atoms with E-state index in [4.69, 9.17) is 24.9 Å². The maximum atomic E-state index is 12.8. The molecule has 1 spiro atoms. The standard InChI is InChI=1S/C26H26N6O5/c1-3-4-15(14-33)19-10-18-22(12-28-19)37-21-6-5-16(9-17(21)26(18)7-8-36-25(27)32-26)31-24(34)20-11-30-23(35-2)13-29-20/h4-6,9-13,33H,3,7-8,14H2,1-2H3,(H2,27,32)(H,31,34)/t26-/m0/s1. The molecular formula is C26H26N6O5. The number of hydrogen-bond donors (Lipinski definition) is 3. The molecule has 1 amide bonds. The van der Waals surface area contributed by atoms with Crippen LogP contribution in [0.2, 0.25) is 0 Å². The number of carbonyl (C=O) groups excluding carboxylic acids is 1. The molecule has 37 heavy (non-hydrogen) atoms. The average molecular weight is 503 g/mol. The predicted octanol–water partition coefficient (Wildman–Crippen LogP) is 3.00. The number of aromatic nitrogens is 3. The number of anilines is 1. The molecule has 0 saturated carbocycles. The molecule has 0 unspecified atom stereocenters. The maximum absolute atomic E-state index is 12.8. The highest BCUT2D eigenvalue weighted by Crippen LogP contribution is 2.52. The molecule has 11 nitrogen and oxygen atoms in total. The second-order valence-electron chi connectivity index (χ2n) is 8.48. The van der Waals surface area contributed by atoms with Crippen LogP contribution < -0.4 is 20.5 Å². The first-order valence-electron chi connectivity index (χ1n) is 11.8. The third-order valence-corrected chi connectivity index (χ3v) is 6.25. The molecular weight excluding hydrogens is 476 g/mol. The van der Waals surface area contributed by atoms with Gasteiger partial charge in [-0.25, -0.2) is 15.0 Å². The van der Waals surface area contributed by atoms with Gasteiger partial charge >= 0.3 is 0 Å². The summed E-state index contributed by atoms with van der Waals surface area (Å²) in [6.07, 6.45) is 7.51. The molecule has 0 radical (unpaired) electrons. The zero-order chi connectivity index (χ0) is 26.0. The van der Waals surface area contributed by atoms with Crippen molar-refractivity contribution < 1.29 is 24.1 Å². The molecule has 4 heterocycles. The van der Waals surface area contributed by atoms with Crippen molar-refractivity contribution in [2.75, 3.05) is 25.6 Å². The average Bonchev–Trinajstić information content (AvgIpc) is 2.92. The monoisotopic (exact) mass is 502 g/mol. The molecule has 1 aromatic carbocycles. The van der Waals surface area contributed by atoms with Crippen molar-refractivity contribution in [1.82, 2.24) is 15.0 Å².